The fourth-order valence-electron chi connectivity index (χ4n) is 2.38. The zero-order valence-electron chi connectivity index (χ0n) is 10.5. The second-order valence-electron chi connectivity index (χ2n) is 4.61. The maximum atomic E-state index is 11.6. The van der Waals surface area contributed by atoms with Gasteiger partial charge in [-0.2, -0.15) is 0 Å². The first-order valence-electron chi connectivity index (χ1n) is 6.15. The molecule has 1 saturated carbocycles. The van der Waals surface area contributed by atoms with Crippen molar-refractivity contribution in [3.05, 3.63) is 0 Å². The van der Waals surface area contributed by atoms with E-state index >= 15 is 0 Å². The third kappa shape index (κ3) is 3.19. The summed E-state index contributed by atoms with van der Waals surface area (Å²) in [7, 11) is 0. The van der Waals surface area contributed by atoms with Crippen molar-refractivity contribution in [1.29, 1.82) is 0 Å². The molecule has 17 heavy (non-hydrogen) atoms. The van der Waals surface area contributed by atoms with Gasteiger partial charge in [0.25, 0.3) is 0 Å². The average Bonchev–Trinajstić information content (AvgIpc) is 2.29. The molecule has 0 spiro atoms. The van der Waals surface area contributed by atoms with Crippen molar-refractivity contribution in [3.8, 4) is 0 Å². The third-order valence-electron chi connectivity index (χ3n) is 3.48. The van der Waals surface area contributed by atoms with Crippen LogP contribution in [0.15, 0.2) is 0 Å². The SMILES string of the molecule is CCOCC(=O)NC1(C(=O)O)CCCCC1C. The van der Waals surface area contributed by atoms with Gasteiger partial charge in [-0.05, 0) is 25.7 Å². The van der Waals surface area contributed by atoms with E-state index in [0.717, 1.165) is 19.3 Å². The molecule has 5 nitrogen and oxygen atoms in total. The molecule has 1 fully saturated rings. The molecule has 0 heterocycles. The van der Waals surface area contributed by atoms with Crippen LogP contribution in [0, 0.1) is 5.92 Å². The number of carboxylic acid groups (broad SMARTS) is 1. The van der Waals surface area contributed by atoms with Gasteiger partial charge >= 0.3 is 5.97 Å². The Balaban J connectivity index is 2.71. The van der Waals surface area contributed by atoms with Crippen molar-refractivity contribution in [1.82, 2.24) is 5.32 Å². The van der Waals surface area contributed by atoms with Crippen LogP contribution in [0.25, 0.3) is 0 Å². The highest BCUT2D eigenvalue weighted by atomic mass is 16.5. The zero-order chi connectivity index (χ0) is 12.9. The first-order valence-corrected chi connectivity index (χ1v) is 6.15. The molecule has 1 rings (SSSR count). The Morgan fingerprint density at radius 2 is 2.18 bits per heavy atom. The van der Waals surface area contributed by atoms with Gasteiger partial charge in [0.15, 0.2) is 0 Å². The minimum Gasteiger partial charge on any atom is -0.479 e. The molecule has 2 unspecified atom stereocenters. The monoisotopic (exact) mass is 243 g/mol. The lowest BCUT2D eigenvalue weighted by molar-refractivity contribution is -0.152. The lowest BCUT2D eigenvalue weighted by Crippen LogP contribution is -2.60. The van der Waals surface area contributed by atoms with Crippen LogP contribution in [-0.2, 0) is 14.3 Å². The summed E-state index contributed by atoms with van der Waals surface area (Å²) in [5.41, 5.74) is -1.10. The van der Waals surface area contributed by atoms with Gasteiger partial charge < -0.3 is 15.2 Å². The molecule has 0 aromatic carbocycles. The fraction of sp³-hybridized carbons (Fsp3) is 0.833. The Labute approximate surface area is 102 Å². The number of carbonyl (C=O) groups is 2. The van der Waals surface area contributed by atoms with Crippen LogP contribution < -0.4 is 5.32 Å². The van der Waals surface area contributed by atoms with Crippen LogP contribution in [0.5, 0.6) is 0 Å². The molecule has 0 bridgehead atoms. The molecule has 1 amide bonds. The highest BCUT2D eigenvalue weighted by Crippen LogP contribution is 2.33. The van der Waals surface area contributed by atoms with Crippen molar-refractivity contribution >= 4 is 11.9 Å². The lowest BCUT2D eigenvalue weighted by Gasteiger charge is -2.39. The predicted molar refractivity (Wildman–Crippen MR) is 62.6 cm³/mol. The van der Waals surface area contributed by atoms with Gasteiger partial charge in [0.1, 0.15) is 12.1 Å². The van der Waals surface area contributed by atoms with E-state index in [2.05, 4.69) is 5.32 Å². The van der Waals surface area contributed by atoms with Crippen LogP contribution in [0.2, 0.25) is 0 Å². The van der Waals surface area contributed by atoms with E-state index in [1.165, 1.54) is 0 Å². The van der Waals surface area contributed by atoms with E-state index in [-0.39, 0.29) is 18.4 Å². The van der Waals surface area contributed by atoms with Crippen molar-refractivity contribution in [2.24, 2.45) is 5.92 Å². The topological polar surface area (TPSA) is 75.6 Å². The molecule has 0 radical (unpaired) electrons. The Bertz CT molecular complexity index is 292. The third-order valence-corrected chi connectivity index (χ3v) is 3.48. The second-order valence-corrected chi connectivity index (χ2v) is 4.61. The Morgan fingerprint density at radius 3 is 2.71 bits per heavy atom. The number of hydrogen-bond donors (Lipinski definition) is 2. The van der Waals surface area contributed by atoms with Gasteiger partial charge in [0, 0.05) is 6.61 Å². The van der Waals surface area contributed by atoms with Crippen LogP contribution in [0.1, 0.15) is 39.5 Å². The van der Waals surface area contributed by atoms with E-state index < -0.39 is 11.5 Å². The lowest BCUT2D eigenvalue weighted by atomic mass is 9.73. The van der Waals surface area contributed by atoms with E-state index in [0.29, 0.717) is 13.0 Å². The molecule has 1 aliphatic rings. The Hall–Kier alpha value is -1.10. The van der Waals surface area contributed by atoms with Crippen LogP contribution in [0.4, 0.5) is 0 Å². The number of carbonyl (C=O) groups excluding carboxylic acids is 1. The molecule has 0 aliphatic heterocycles. The Morgan fingerprint density at radius 1 is 1.47 bits per heavy atom. The van der Waals surface area contributed by atoms with Gasteiger partial charge in [-0.3, -0.25) is 4.79 Å². The van der Waals surface area contributed by atoms with Crippen molar-refractivity contribution in [3.63, 3.8) is 0 Å². The number of ether oxygens (including phenoxy) is 1. The summed E-state index contributed by atoms with van der Waals surface area (Å²) >= 11 is 0. The molecule has 1 aliphatic carbocycles. The zero-order valence-corrected chi connectivity index (χ0v) is 10.5. The van der Waals surface area contributed by atoms with Crippen LogP contribution in [-0.4, -0.2) is 35.7 Å². The second kappa shape index (κ2) is 6.00. The number of carboxylic acids is 1. The molecule has 98 valence electrons. The van der Waals surface area contributed by atoms with Crippen LogP contribution >= 0.6 is 0 Å². The predicted octanol–water partition coefficient (Wildman–Crippen LogP) is 1.17. The van der Waals surface area contributed by atoms with Gasteiger partial charge in [0.2, 0.25) is 5.91 Å². The molecule has 2 N–H and O–H groups in total. The highest BCUT2D eigenvalue weighted by molar-refractivity contribution is 5.88. The summed E-state index contributed by atoms with van der Waals surface area (Å²) in [5, 5.41) is 12.0. The molecular weight excluding hydrogens is 222 g/mol. The summed E-state index contributed by atoms with van der Waals surface area (Å²) in [5.74, 6) is -1.32. The van der Waals surface area contributed by atoms with E-state index in [9.17, 15) is 14.7 Å². The first kappa shape index (κ1) is 14.0. The number of nitrogens with one attached hydrogen (secondary N) is 1. The number of rotatable bonds is 5. The maximum Gasteiger partial charge on any atom is 0.329 e. The maximum absolute atomic E-state index is 11.6. The van der Waals surface area contributed by atoms with Crippen molar-refractivity contribution in [2.75, 3.05) is 13.2 Å². The number of amides is 1. The number of hydrogen-bond acceptors (Lipinski definition) is 3. The summed E-state index contributed by atoms with van der Waals surface area (Å²) < 4.78 is 4.99. The smallest absolute Gasteiger partial charge is 0.329 e. The van der Waals surface area contributed by atoms with E-state index in [4.69, 9.17) is 4.74 Å². The average molecular weight is 243 g/mol. The van der Waals surface area contributed by atoms with E-state index in [1.807, 2.05) is 6.92 Å². The normalized spacial score (nSPS) is 28.7. The first-order chi connectivity index (χ1) is 8.03. The molecule has 0 aromatic rings. The summed E-state index contributed by atoms with van der Waals surface area (Å²) in [6, 6.07) is 0. The van der Waals surface area contributed by atoms with E-state index in [1.54, 1.807) is 6.92 Å². The van der Waals surface area contributed by atoms with Gasteiger partial charge in [-0.25, -0.2) is 4.79 Å². The van der Waals surface area contributed by atoms with Crippen molar-refractivity contribution < 1.29 is 19.4 Å². The molecule has 2 atom stereocenters. The summed E-state index contributed by atoms with van der Waals surface area (Å²) in [6.45, 7) is 4.05. The standard InChI is InChI=1S/C12H21NO4/c1-3-17-8-10(14)13-12(11(15)16)7-5-4-6-9(12)2/h9H,3-8H2,1-2H3,(H,13,14)(H,15,16). The summed E-state index contributed by atoms with van der Waals surface area (Å²) in [4.78, 5) is 23.1. The highest BCUT2D eigenvalue weighted by Gasteiger charge is 2.46. The largest absolute Gasteiger partial charge is 0.479 e. The number of aliphatic carboxylic acids is 1. The quantitative estimate of drug-likeness (QED) is 0.760. The molecule has 5 heteroatoms. The molecule has 0 saturated heterocycles. The molecular formula is C12H21NO4. The van der Waals surface area contributed by atoms with Gasteiger partial charge in [-0.1, -0.05) is 19.8 Å². The Kier molecular flexibility index (Phi) is 4.93. The minimum atomic E-state index is -1.10. The van der Waals surface area contributed by atoms with Gasteiger partial charge in [-0.15, -0.1) is 0 Å². The molecule has 0 aromatic heterocycles. The fourth-order valence-corrected chi connectivity index (χ4v) is 2.38. The van der Waals surface area contributed by atoms with Gasteiger partial charge in [0.05, 0.1) is 0 Å². The van der Waals surface area contributed by atoms with Crippen molar-refractivity contribution in [2.45, 2.75) is 45.1 Å². The van der Waals surface area contributed by atoms with Crippen LogP contribution in [0.3, 0.4) is 0 Å². The summed E-state index contributed by atoms with van der Waals surface area (Å²) in [6.07, 6.45) is 3.20. The minimum absolute atomic E-state index is 0.0423.